The third-order valence-corrected chi connectivity index (χ3v) is 3.71. The normalized spacial score (nSPS) is 29.1. The smallest absolute Gasteiger partial charge is 0.240 e. The quantitative estimate of drug-likeness (QED) is 0.710. The Morgan fingerprint density at radius 3 is 2.71 bits per heavy atom. The van der Waals surface area contributed by atoms with Gasteiger partial charge in [0.1, 0.15) is 0 Å². The molecule has 2 unspecified atom stereocenters. The van der Waals surface area contributed by atoms with Gasteiger partial charge in [-0.2, -0.15) is 0 Å². The highest BCUT2D eigenvalue weighted by Crippen LogP contribution is 2.11. The van der Waals surface area contributed by atoms with Crippen LogP contribution in [0.4, 0.5) is 0 Å². The van der Waals surface area contributed by atoms with Gasteiger partial charge in [-0.15, -0.1) is 0 Å². The van der Waals surface area contributed by atoms with Gasteiger partial charge in [0.15, 0.2) is 0 Å². The molecule has 0 aromatic rings. The lowest BCUT2D eigenvalue weighted by Crippen LogP contribution is -2.57. The van der Waals surface area contributed by atoms with Crippen LogP contribution in [0.15, 0.2) is 0 Å². The van der Waals surface area contributed by atoms with Crippen LogP contribution in [0.25, 0.3) is 0 Å². The van der Waals surface area contributed by atoms with Gasteiger partial charge in [0.2, 0.25) is 5.91 Å². The number of piperazine rings is 1. The highest BCUT2D eigenvalue weighted by atomic mass is 16.5. The number of rotatable bonds is 2. The van der Waals surface area contributed by atoms with E-state index in [-0.39, 0.29) is 18.0 Å². The third kappa shape index (κ3) is 2.97. The molecular formula is C12H23N3O2. The molecule has 0 radical (unpaired) electrons. The number of carbonyl (C=O) groups is 1. The van der Waals surface area contributed by atoms with Crippen molar-refractivity contribution in [2.24, 2.45) is 0 Å². The van der Waals surface area contributed by atoms with Crippen LogP contribution in [0.1, 0.15) is 13.8 Å². The van der Waals surface area contributed by atoms with Gasteiger partial charge in [0.05, 0.1) is 25.3 Å². The number of ether oxygens (including phenoxy) is 1. The van der Waals surface area contributed by atoms with Crippen molar-refractivity contribution in [2.45, 2.75) is 25.9 Å². The maximum absolute atomic E-state index is 12.4. The standard InChI is InChI=1S/C12H23N3O2/c1-10-9-17-8-7-15(10)12(16)11(2)14-5-3-13-4-6-14/h10-11,13H,3-9H2,1-2H3. The van der Waals surface area contributed by atoms with Crippen molar-refractivity contribution >= 4 is 5.91 Å². The summed E-state index contributed by atoms with van der Waals surface area (Å²) in [5, 5.41) is 3.31. The maximum Gasteiger partial charge on any atom is 0.240 e. The van der Waals surface area contributed by atoms with Crippen molar-refractivity contribution in [3.05, 3.63) is 0 Å². The largest absolute Gasteiger partial charge is 0.377 e. The molecule has 17 heavy (non-hydrogen) atoms. The van der Waals surface area contributed by atoms with Gasteiger partial charge < -0.3 is 15.0 Å². The van der Waals surface area contributed by atoms with Crippen molar-refractivity contribution < 1.29 is 9.53 Å². The summed E-state index contributed by atoms with van der Waals surface area (Å²) in [6, 6.07) is 0.208. The number of hydrogen-bond acceptors (Lipinski definition) is 4. The predicted molar refractivity (Wildman–Crippen MR) is 65.9 cm³/mol. The Labute approximate surface area is 103 Å². The Bertz CT molecular complexity index is 266. The molecule has 0 bridgehead atoms. The molecule has 2 atom stereocenters. The van der Waals surface area contributed by atoms with Crippen molar-refractivity contribution in [2.75, 3.05) is 45.9 Å². The predicted octanol–water partition coefficient (Wildman–Crippen LogP) is -0.473. The minimum absolute atomic E-state index is 0.00218. The molecule has 0 aliphatic carbocycles. The number of nitrogens with zero attached hydrogens (tertiary/aromatic N) is 2. The molecule has 5 nitrogen and oxygen atoms in total. The molecule has 2 saturated heterocycles. The van der Waals surface area contributed by atoms with E-state index in [4.69, 9.17) is 4.74 Å². The molecule has 0 aromatic carbocycles. The first kappa shape index (κ1) is 12.8. The zero-order valence-electron chi connectivity index (χ0n) is 10.8. The summed E-state index contributed by atoms with van der Waals surface area (Å²) < 4.78 is 5.37. The van der Waals surface area contributed by atoms with Crippen LogP contribution in [-0.2, 0) is 9.53 Å². The van der Waals surface area contributed by atoms with Crippen LogP contribution in [0.5, 0.6) is 0 Å². The van der Waals surface area contributed by atoms with Crippen molar-refractivity contribution in [1.82, 2.24) is 15.1 Å². The highest BCUT2D eigenvalue weighted by Gasteiger charge is 2.30. The fourth-order valence-electron chi connectivity index (χ4n) is 2.52. The van der Waals surface area contributed by atoms with Crippen molar-refractivity contribution in [1.29, 1.82) is 0 Å². The molecule has 0 spiro atoms. The first-order valence-corrected chi connectivity index (χ1v) is 6.53. The summed E-state index contributed by atoms with van der Waals surface area (Å²) in [5.74, 6) is 0.253. The van der Waals surface area contributed by atoms with Crippen LogP contribution in [0.2, 0.25) is 0 Å². The Morgan fingerprint density at radius 2 is 2.06 bits per heavy atom. The first-order valence-electron chi connectivity index (χ1n) is 6.53. The molecule has 2 aliphatic heterocycles. The zero-order chi connectivity index (χ0) is 12.3. The minimum Gasteiger partial charge on any atom is -0.377 e. The molecule has 1 N–H and O–H groups in total. The molecule has 2 aliphatic rings. The van der Waals surface area contributed by atoms with Gasteiger partial charge >= 0.3 is 0 Å². The summed E-state index contributed by atoms with van der Waals surface area (Å²) in [6.45, 7) is 10.0. The van der Waals surface area contributed by atoms with E-state index in [2.05, 4.69) is 17.1 Å². The van der Waals surface area contributed by atoms with Gasteiger partial charge in [-0.1, -0.05) is 0 Å². The molecular weight excluding hydrogens is 218 g/mol. The summed E-state index contributed by atoms with van der Waals surface area (Å²) >= 11 is 0. The lowest BCUT2D eigenvalue weighted by atomic mass is 10.1. The van der Waals surface area contributed by atoms with E-state index in [1.165, 1.54) is 0 Å². The fraction of sp³-hybridized carbons (Fsp3) is 0.917. The van der Waals surface area contributed by atoms with Gasteiger partial charge in [-0.3, -0.25) is 9.69 Å². The van der Waals surface area contributed by atoms with Crippen LogP contribution >= 0.6 is 0 Å². The molecule has 0 aromatic heterocycles. The summed E-state index contributed by atoms with van der Waals surface area (Å²) in [6.07, 6.45) is 0. The number of hydrogen-bond donors (Lipinski definition) is 1. The average molecular weight is 241 g/mol. The van der Waals surface area contributed by atoms with Gasteiger partial charge in [0.25, 0.3) is 0 Å². The first-order chi connectivity index (χ1) is 8.20. The van der Waals surface area contributed by atoms with Gasteiger partial charge in [0, 0.05) is 32.7 Å². The van der Waals surface area contributed by atoms with E-state index in [1.807, 2.05) is 11.8 Å². The molecule has 2 fully saturated rings. The third-order valence-electron chi connectivity index (χ3n) is 3.71. The molecule has 98 valence electrons. The van der Waals surface area contributed by atoms with Crippen LogP contribution < -0.4 is 5.32 Å². The molecule has 2 heterocycles. The van der Waals surface area contributed by atoms with Crippen molar-refractivity contribution in [3.63, 3.8) is 0 Å². The van der Waals surface area contributed by atoms with Crippen LogP contribution in [-0.4, -0.2) is 73.7 Å². The second kappa shape index (κ2) is 5.80. The molecule has 2 rings (SSSR count). The van der Waals surface area contributed by atoms with Crippen LogP contribution in [0.3, 0.4) is 0 Å². The molecule has 5 heteroatoms. The van der Waals surface area contributed by atoms with Crippen molar-refractivity contribution in [3.8, 4) is 0 Å². The Kier molecular flexibility index (Phi) is 4.36. The number of morpholine rings is 1. The Hall–Kier alpha value is -0.650. The minimum atomic E-state index is -0.00218. The molecule has 0 saturated carbocycles. The highest BCUT2D eigenvalue weighted by molar-refractivity contribution is 5.81. The average Bonchev–Trinajstić information content (AvgIpc) is 2.39. The topological polar surface area (TPSA) is 44.8 Å². The number of nitrogens with one attached hydrogen (secondary N) is 1. The van der Waals surface area contributed by atoms with E-state index in [9.17, 15) is 4.79 Å². The molecule has 1 amide bonds. The second-order valence-electron chi connectivity index (χ2n) is 4.92. The van der Waals surface area contributed by atoms with Gasteiger partial charge in [-0.25, -0.2) is 0 Å². The number of amides is 1. The maximum atomic E-state index is 12.4. The lowest BCUT2D eigenvalue weighted by molar-refractivity contribution is -0.144. The summed E-state index contributed by atoms with van der Waals surface area (Å²) in [7, 11) is 0. The van der Waals surface area contributed by atoms with Gasteiger partial charge in [-0.05, 0) is 13.8 Å². The summed E-state index contributed by atoms with van der Waals surface area (Å²) in [4.78, 5) is 16.6. The SMILES string of the molecule is CC(C(=O)N1CCOCC1C)N1CCNCC1. The lowest BCUT2D eigenvalue weighted by Gasteiger charge is -2.39. The zero-order valence-corrected chi connectivity index (χ0v) is 10.8. The second-order valence-corrected chi connectivity index (χ2v) is 4.92. The van der Waals surface area contributed by atoms with E-state index < -0.39 is 0 Å². The Morgan fingerprint density at radius 1 is 1.35 bits per heavy atom. The Balaban J connectivity index is 1.92. The van der Waals surface area contributed by atoms with E-state index in [0.29, 0.717) is 13.2 Å². The van der Waals surface area contributed by atoms with Crippen LogP contribution in [0, 0.1) is 0 Å². The number of carbonyl (C=O) groups excluding carboxylic acids is 1. The van der Waals surface area contributed by atoms with E-state index in [1.54, 1.807) is 0 Å². The van der Waals surface area contributed by atoms with E-state index >= 15 is 0 Å². The monoisotopic (exact) mass is 241 g/mol. The fourth-order valence-corrected chi connectivity index (χ4v) is 2.52. The summed E-state index contributed by atoms with van der Waals surface area (Å²) in [5.41, 5.74) is 0. The van der Waals surface area contributed by atoms with E-state index in [0.717, 1.165) is 32.7 Å².